The maximum Gasteiger partial charge on any atom is 0.252 e. The number of fused-ring (bicyclic) bond motifs is 7. The molecule has 2 heterocycles. The quantitative estimate of drug-likeness (QED) is 0.163. The number of hydrogen-bond acceptors (Lipinski definition) is 2. The zero-order chi connectivity index (χ0) is 50.9. The fourth-order valence-electron chi connectivity index (χ4n) is 13.3. The first kappa shape index (κ1) is 41.2. The average Bonchev–Trinajstić information content (AvgIpc) is 3.47. The summed E-state index contributed by atoms with van der Waals surface area (Å²) in [4.78, 5) is 4.92. The summed E-state index contributed by atoms with van der Waals surface area (Å²) in [5.41, 5.74) is 23.3. The van der Waals surface area contributed by atoms with E-state index in [1.807, 2.05) is 12.1 Å². The van der Waals surface area contributed by atoms with Gasteiger partial charge in [-0.25, -0.2) is 0 Å². The first-order valence-electron chi connectivity index (χ1n) is 26.6. The van der Waals surface area contributed by atoms with Crippen LogP contribution in [0.2, 0.25) is 0 Å². The molecule has 7 aromatic carbocycles. The standard InChI is InChI=1S/C65H71BN2/c1-39-30-57-59-58(31-39)68(55-36-48-47(32-40(55)2)62(9,10)38-63(48,11)12)54-29-27-43(61(6,7)8)34-51(54)66(59)52-35-49-50(65(15,16)46-25-21-20-24-45(46)64(49,13)14)37-56(52)67(57)53-28-26-42(60(3,4)5)33-44(53)41-22-18-17-19-23-41/h17-37H,38H2,1-16H3/i1D3. The fourth-order valence-corrected chi connectivity index (χ4v) is 13.3. The minimum atomic E-state index is -2.39. The Morgan fingerprint density at radius 1 is 0.471 bits per heavy atom. The van der Waals surface area contributed by atoms with Crippen LogP contribution in [0.5, 0.6) is 0 Å². The van der Waals surface area contributed by atoms with Crippen molar-refractivity contribution in [3.63, 3.8) is 0 Å². The van der Waals surface area contributed by atoms with Gasteiger partial charge in [-0.1, -0.05) is 182 Å². The number of nitrogens with zero attached hydrogens (tertiary/aromatic N) is 2. The second-order valence-electron chi connectivity index (χ2n) is 25.3. The molecule has 0 radical (unpaired) electrons. The summed E-state index contributed by atoms with van der Waals surface area (Å²) < 4.78 is 27.8. The Hall–Kier alpha value is -5.80. The average molecular weight is 894 g/mol. The van der Waals surface area contributed by atoms with Gasteiger partial charge in [-0.15, -0.1) is 0 Å². The van der Waals surface area contributed by atoms with E-state index in [0.717, 1.165) is 57.1 Å². The minimum absolute atomic E-state index is 0.0280. The summed E-state index contributed by atoms with van der Waals surface area (Å²) in [6.45, 7) is 32.6. The van der Waals surface area contributed by atoms with Crippen molar-refractivity contribution in [1.82, 2.24) is 0 Å². The molecule has 2 nitrogen and oxygen atoms in total. The van der Waals surface area contributed by atoms with Crippen LogP contribution < -0.4 is 26.2 Å². The van der Waals surface area contributed by atoms with Gasteiger partial charge < -0.3 is 9.80 Å². The van der Waals surface area contributed by atoms with Crippen LogP contribution in [0.15, 0.2) is 127 Å². The van der Waals surface area contributed by atoms with Gasteiger partial charge in [0, 0.05) is 48.9 Å². The summed E-state index contributed by atoms with van der Waals surface area (Å²) in [7, 11) is 0. The van der Waals surface area contributed by atoms with E-state index in [-0.39, 0.29) is 39.2 Å². The lowest BCUT2D eigenvalue weighted by Crippen LogP contribution is -2.62. The van der Waals surface area contributed by atoms with Gasteiger partial charge in [0.1, 0.15) is 0 Å². The second kappa shape index (κ2) is 14.4. The fraction of sp³-hybridized carbons (Fsp3) is 0.354. The van der Waals surface area contributed by atoms with Crippen molar-refractivity contribution in [2.45, 2.75) is 150 Å². The van der Waals surface area contributed by atoms with Crippen LogP contribution in [-0.2, 0) is 32.5 Å². The number of hydrogen-bond donors (Lipinski definition) is 0. The lowest BCUT2D eigenvalue weighted by atomic mass is 9.33. The third-order valence-electron chi connectivity index (χ3n) is 16.8. The van der Waals surface area contributed by atoms with Crippen LogP contribution in [0.1, 0.15) is 163 Å². The van der Waals surface area contributed by atoms with Crippen molar-refractivity contribution < 1.29 is 4.11 Å². The molecule has 0 saturated carbocycles. The van der Waals surface area contributed by atoms with Crippen molar-refractivity contribution in [1.29, 1.82) is 0 Å². The van der Waals surface area contributed by atoms with E-state index < -0.39 is 6.85 Å². The molecule has 344 valence electrons. The molecule has 0 unspecified atom stereocenters. The molecule has 0 amide bonds. The van der Waals surface area contributed by atoms with Crippen molar-refractivity contribution in [3.8, 4) is 11.1 Å². The maximum atomic E-state index is 9.26. The van der Waals surface area contributed by atoms with Gasteiger partial charge in [0.25, 0.3) is 6.71 Å². The number of aryl methyl sites for hydroxylation is 2. The third-order valence-corrected chi connectivity index (χ3v) is 16.8. The van der Waals surface area contributed by atoms with Crippen LogP contribution in [0.3, 0.4) is 0 Å². The van der Waals surface area contributed by atoms with Crippen LogP contribution in [0.4, 0.5) is 34.1 Å². The molecule has 2 aliphatic heterocycles. The van der Waals surface area contributed by atoms with Gasteiger partial charge in [0.05, 0.1) is 5.69 Å². The lowest BCUT2D eigenvalue weighted by molar-refractivity contribution is 0.403. The maximum absolute atomic E-state index is 9.26. The van der Waals surface area contributed by atoms with E-state index in [1.54, 1.807) is 0 Å². The molecule has 0 bridgehead atoms. The zero-order valence-corrected chi connectivity index (χ0v) is 43.3. The largest absolute Gasteiger partial charge is 0.311 e. The van der Waals surface area contributed by atoms with Gasteiger partial charge in [-0.05, 0) is 162 Å². The van der Waals surface area contributed by atoms with Crippen LogP contribution in [-0.4, -0.2) is 6.71 Å². The molecule has 0 atom stereocenters. The first-order chi connectivity index (χ1) is 33.0. The van der Waals surface area contributed by atoms with E-state index >= 15 is 0 Å². The molecule has 0 fully saturated rings. The van der Waals surface area contributed by atoms with E-state index in [4.69, 9.17) is 0 Å². The number of rotatable bonds is 3. The van der Waals surface area contributed by atoms with Crippen LogP contribution in [0.25, 0.3) is 11.1 Å². The summed E-state index contributed by atoms with van der Waals surface area (Å²) in [6, 6.07) is 48.0. The monoisotopic (exact) mass is 894 g/mol. The second-order valence-corrected chi connectivity index (χ2v) is 25.3. The Kier molecular flexibility index (Phi) is 8.71. The molecule has 68 heavy (non-hydrogen) atoms. The van der Waals surface area contributed by atoms with Gasteiger partial charge in [-0.2, -0.15) is 0 Å². The van der Waals surface area contributed by atoms with Gasteiger partial charge in [0.15, 0.2) is 0 Å². The third kappa shape index (κ3) is 6.43. The van der Waals surface area contributed by atoms with E-state index in [0.29, 0.717) is 5.56 Å². The topological polar surface area (TPSA) is 6.48 Å². The van der Waals surface area contributed by atoms with Crippen molar-refractivity contribution in [2.24, 2.45) is 0 Å². The lowest BCUT2D eigenvalue weighted by Gasteiger charge is -2.48. The molecule has 0 N–H and O–H groups in total. The summed E-state index contributed by atoms with van der Waals surface area (Å²) in [5.74, 6) is 0. The number of anilines is 6. The summed E-state index contributed by atoms with van der Waals surface area (Å²) in [5, 5.41) is 0. The number of benzene rings is 7. The van der Waals surface area contributed by atoms with Crippen molar-refractivity contribution in [3.05, 3.63) is 183 Å². The highest BCUT2D eigenvalue weighted by Crippen LogP contribution is 2.56. The molecular weight excluding hydrogens is 820 g/mol. The first-order valence-corrected chi connectivity index (χ1v) is 25.1. The molecule has 0 aromatic heterocycles. The Bertz CT molecular complexity index is 3380. The normalized spacial score (nSPS) is 18.6. The molecule has 2 aliphatic carbocycles. The van der Waals surface area contributed by atoms with Gasteiger partial charge in [-0.3, -0.25) is 0 Å². The highest BCUT2D eigenvalue weighted by molar-refractivity contribution is 7.00. The Morgan fingerprint density at radius 2 is 0.971 bits per heavy atom. The molecule has 3 heteroatoms. The molecular formula is C65H71BN2. The smallest absolute Gasteiger partial charge is 0.252 e. The van der Waals surface area contributed by atoms with Crippen molar-refractivity contribution in [2.75, 3.05) is 9.80 Å². The molecule has 0 spiro atoms. The Morgan fingerprint density at radius 3 is 1.56 bits per heavy atom. The molecule has 7 aromatic rings. The molecule has 4 aliphatic rings. The predicted molar refractivity (Wildman–Crippen MR) is 294 cm³/mol. The van der Waals surface area contributed by atoms with Crippen LogP contribution in [0, 0.1) is 13.8 Å². The van der Waals surface area contributed by atoms with Crippen LogP contribution >= 0.6 is 0 Å². The molecule has 0 saturated heterocycles. The van der Waals surface area contributed by atoms with Gasteiger partial charge in [0.2, 0.25) is 0 Å². The van der Waals surface area contributed by atoms with E-state index in [2.05, 4.69) is 229 Å². The summed E-state index contributed by atoms with van der Waals surface area (Å²) >= 11 is 0. The summed E-state index contributed by atoms with van der Waals surface area (Å²) in [6.07, 6.45) is 1.06. The Balaban J connectivity index is 1.32. The van der Waals surface area contributed by atoms with E-state index in [1.165, 1.54) is 61.0 Å². The zero-order valence-electron chi connectivity index (χ0n) is 46.3. The highest BCUT2D eigenvalue weighted by atomic mass is 15.2. The predicted octanol–water partition coefficient (Wildman–Crippen LogP) is 15.6. The SMILES string of the molecule is [2H]C([2H])([2H])c1cc2c3c(c1)N(c1ccc(C(C)(C)C)cc1-c1ccccc1)c1cc4c(cc1B3c1cc(C(C)(C)C)ccc1N2c1cc2c(cc1C)C(C)(C)CC2(C)C)C(C)(C)c1ccccc1C4(C)C. The Labute approximate surface area is 413 Å². The van der Waals surface area contributed by atoms with Crippen molar-refractivity contribution >= 4 is 57.2 Å². The van der Waals surface area contributed by atoms with Gasteiger partial charge >= 0.3 is 0 Å². The minimum Gasteiger partial charge on any atom is -0.311 e. The highest BCUT2D eigenvalue weighted by Gasteiger charge is 2.49. The van der Waals surface area contributed by atoms with E-state index in [9.17, 15) is 4.11 Å². The molecule has 11 rings (SSSR count).